The van der Waals surface area contributed by atoms with Crippen molar-refractivity contribution in [3.05, 3.63) is 48.1 Å². The van der Waals surface area contributed by atoms with E-state index in [-0.39, 0.29) is 0 Å². The zero-order valence-corrected chi connectivity index (χ0v) is 9.95. The highest BCUT2D eigenvalue weighted by Gasteiger charge is 1.99. The minimum absolute atomic E-state index is 0.348. The molecule has 1 nitrogen and oxygen atoms in total. The number of phenolic OH excluding ortho intramolecular Hbond substituents is 1. The summed E-state index contributed by atoms with van der Waals surface area (Å²) < 4.78 is 0. The molecule has 1 N–H and O–H groups in total. The smallest absolute Gasteiger partial charge is 0.122 e. The summed E-state index contributed by atoms with van der Waals surface area (Å²) in [6.07, 6.45) is 8.35. The van der Waals surface area contributed by atoms with Crippen LogP contribution in [0.25, 0.3) is 6.08 Å². The molecule has 0 amide bonds. The monoisotopic (exact) mass is 216 g/mol. The quantitative estimate of drug-likeness (QED) is 0.692. The Morgan fingerprint density at radius 1 is 1.38 bits per heavy atom. The van der Waals surface area contributed by atoms with Gasteiger partial charge in [0.05, 0.1) is 0 Å². The maximum absolute atomic E-state index is 9.68. The van der Waals surface area contributed by atoms with Gasteiger partial charge in [-0.05, 0) is 25.3 Å². The number of benzene rings is 1. The molecule has 0 bridgehead atoms. The maximum Gasteiger partial charge on any atom is 0.122 e. The number of unbranched alkanes of at least 4 members (excludes halogenated alkanes) is 1. The number of para-hydroxylation sites is 1. The van der Waals surface area contributed by atoms with Gasteiger partial charge in [0.15, 0.2) is 0 Å². The molecule has 86 valence electrons. The number of phenols is 1. The fourth-order valence-corrected chi connectivity index (χ4v) is 1.65. The van der Waals surface area contributed by atoms with Crippen LogP contribution in [0.15, 0.2) is 42.5 Å². The van der Waals surface area contributed by atoms with Crippen molar-refractivity contribution in [2.24, 2.45) is 0 Å². The molecule has 1 aromatic rings. The van der Waals surface area contributed by atoms with Crippen molar-refractivity contribution in [2.45, 2.75) is 32.6 Å². The number of allylic oxidation sites excluding steroid dienone is 2. The summed E-state index contributed by atoms with van der Waals surface area (Å²) in [5, 5.41) is 9.68. The lowest BCUT2D eigenvalue weighted by Gasteiger charge is -2.05. The Morgan fingerprint density at radius 2 is 2.12 bits per heavy atom. The molecule has 0 unspecified atom stereocenters. The molecule has 1 aromatic carbocycles. The van der Waals surface area contributed by atoms with E-state index in [1.54, 1.807) is 6.07 Å². The Kier molecular flexibility index (Phi) is 5.41. The second-order valence-corrected chi connectivity index (χ2v) is 3.96. The summed E-state index contributed by atoms with van der Waals surface area (Å²) in [5.41, 5.74) is 2.23. The fourth-order valence-electron chi connectivity index (χ4n) is 1.65. The zero-order chi connectivity index (χ0) is 11.8. The van der Waals surface area contributed by atoms with Crippen molar-refractivity contribution in [3.63, 3.8) is 0 Å². The standard InChI is InChI=1S/C15H20O/c1-3-5-9-13(8-4-2)12-14-10-6-7-11-15(14)16/h4,6-7,10-12,16H,2-3,5,8-9H2,1H3/b13-12-. The molecule has 0 heterocycles. The molecule has 0 radical (unpaired) electrons. The van der Waals surface area contributed by atoms with Crippen LogP contribution >= 0.6 is 0 Å². The molecule has 0 aromatic heterocycles. The van der Waals surface area contributed by atoms with Crippen molar-refractivity contribution in [1.82, 2.24) is 0 Å². The summed E-state index contributed by atoms with van der Waals surface area (Å²) in [6.45, 7) is 5.96. The molecular formula is C15H20O. The van der Waals surface area contributed by atoms with Crippen LogP contribution in [-0.4, -0.2) is 5.11 Å². The number of hydrogen-bond acceptors (Lipinski definition) is 1. The van der Waals surface area contributed by atoms with Crippen LogP contribution in [0.3, 0.4) is 0 Å². The van der Waals surface area contributed by atoms with Crippen LogP contribution in [0.4, 0.5) is 0 Å². The lowest BCUT2D eigenvalue weighted by molar-refractivity contribution is 0.474. The molecule has 0 fully saturated rings. The summed E-state index contributed by atoms with van der Waals surface area (Å²) in [7, 11) is 0. The molecule has 1 heteroatoms. The molecule has 0 aliphatic rings. The minimum atomic E-state index is 0.348. The Morgan fingerprint density at radius 3 is 2.75 bits per heavy atom. The first-order valence-electron chi connectivity index (χ1n) is 5.86. The molecule has 0 atom stereocenters. The summed E-state index contributed by atoms with van der Waals surface area (Å²) >= 11 is 0. The van der Waals surface area contributed by atoms with Gasteiger partial charge < -0.3 is 5.11 Å². The van der Waals surface area contributed by atoms with Gasteiger partial charge in [-0.15, -0.1) is 6.58 Å². The van der Waals surface area contributed by atoms with Gasteiger partial charge in [-0.1, -0.05) is 49.3 Å². The van der Waals surface area contributed by atoms with Crippen molar-refractivity contribution in [1.29, 1.82) is 0 Å². The fraction of sp³-hybridized carbons (Fsp3) is 0.333. The second-order valence-electron chi connectivity index (χ2n) is 3.96. The highest BCUT2D eigenvalue weighted by atomic mass is 16.3. The third-order valence-electron chi connectivity index (χ3n) is 2.55. The van der Waals surface area contributed by atoms with Gasteiger partial charge in [-0.25, -0.2) is 0 Å². The average Bonchev–Trinajstić information content (AvgIpc) is 2.29. The van der Waals surface area contributed by atoms with Gasteiger partial charge in [-0.3, -0.25) is 0 Å². The Labute approximate surface area is 98.1 Å². The van der Waals surface area contributed by atoms with E-state index in [2.05, 4.69) is 19.6 Å². The van der Waals surface area contributed by atoms with Crippen LogP contribution in [0.2, 0.25) is 0 Å². The Bertz CT molecular complexity index is 363. The van der Waals surface area contributed by atoms with Crippen LogP contribution in [0.5, 0.6) is 5.75 Å². The highest BCUT2D eigenvalue weighted by molar-refractivity contribution is 5.59. The molecular weight excluding hydrogens is 196 g/mol. The molecule has 16 heavy (non-hydrogen) atoms. The number of hydrogen-bond donors (Lipinski definition) is 1. The topological polar surface area (TPSA) is 20.2 Å². The predicted molar refractivity (Wildman–Crippen MR) is 70.4 cm³/mol. The number of aromatic hydroxyl groups is 1. The Balaban J connectivity index is 2.83. The highest BCUT2D eigenvalue weighted by Crippen LogP contribution is 2.22. The van der Waals surface area contributed by atoms with E-state index in [9.17, 15) is 5.11 Å². The zero-order valence-electron chi connectivity index (χ0n) is 9.95. The predicted octanol–water partition coefficient (Wildman–Crippen LogP) is 4.54. The second kappa shape index (κ2) is 6.89. The molecule has 0 saturated heterocycles. The molecule has 1 rings (SSSR count). The Hall–Kier alpha value is -1.50. The summed E-state index contributed by atoms with van der Waals surface area (Å²) in [5.74, 6) is 0.348. The molecule has 0 aliphatic carbocycles. The van der Waals surface area contributed by atoms with E-state index < -0.39 is 0 Å². The van der Waals surface area contributed by atoms with Crippen LogP contribution in [-0.2, 0) is 0 Å². The summed E-state index contributed by atoms with van der Waals surface area (Å²) in [6, 6.07) is 7.43. The SMILES string of the molecule is C=CC/C(=C/c1ccccc1O)CCCC. The van der Waals surface area contributed by atoms with Crippen LogP contribution in [0.1, 0.15) is 38.2 Å². The van der Waals surface area contributed by atoms with E-state index in [0.29, 0.717) is 5.75 Å². The van der Waals surface area contributed by atoms with Crippen molar-refractivity contribution < 1.29 is 5.11 Å². The van der Waals surface area contributed by atoms with Crippen molar-refractivity contribution in [3.8, 4) is 5.75 Å². The first kappa shape index (κ1) is 12.6. The van der Waals surface area contributed by atoms with Gasteiger partial charge in [-0.2, -0.15) is 0 Å². The third kappa shape index (κ3) is 3.93. The first-order chi connectivity index (χ1) is 7.77. The van der Waals surface area contributed by atoms with E-state index in [1.807, 2.05) is 24.3 Å². The normalized spacial score (nSPS) is 11.4. The van der Waals surface area contributed by atoms with E-state index in [4.69, 9.17) is 0 Å². The molecule has 0 saturated carbocycles. The number of rotatable bonds is 6. The van der Waals surface area contributed by atoms with Gasteiger partial charge in [0, 0.05) is 5.56 Å². The largest absolute Gasteiger partial charge is 0.507 e. The lowest BCUT2D eigenvalue weighted by Crippen LogP contribution is -1.84. The van der Waals surface area contributed by atoms with Crippen molar-refractivity contribution >= 4 is 6.08 Å². The van der Waals surface area contributed by atoms with Crippen LogP contribution < -0.4 is 0 Å². The van der Waals surface area contributed by atoms with Gasteiger partial charge in [0.25, 0.3) is 0 Å². The van der Waals surface area contributed by atoms with E-state index in [1.165, 1.54) is 18.4 Å². The first-order valence-corrected chi connectivity index (χ1v) is 5.86. The maximum atomic E-state index is 9.68. The molecule has 0 spiro atoms. The van der Waals surface area contributed by atoms with E-state index >= 15 is 0 Å². The lowest BCUT2D eigenvalue weighted by atomic mass is 10.0. The molecule has 0 aliphatic heterocycles. The summed E-state index contributed by atoms with van der Waals surface area (Å²) in [4.78, 5) is 0. The minimum Gasteiger partial charge on any atom is -0.507 e. The van der Waals surface area contributed by atoms with E-state index in [0.717, 1.165) is 18.4 Å². The van der Waals surface area contributed by atoms with Crippen molar-refractivity contribution in [2.75, 3.05) is 0 Å². The van der Waals surface area contributed by atoms with Gasteiger partial charge >= 0.3 is 0 Å². The van der Waals surface area contributed by atoms with Gasteiger partial charge in [0.1, 0.15) is 5.75 Å². The van der Waals surface area contributed by atoms with Gasteiger partial charge in [0.2, 0.25) is 0 Å². The van der Waals surface area contributed by atoms with Crippen LogP contribution in [0, 0.1) is 0 Å². The average molecular weight is 216 g/mol. The third-order valence-corrected chi connectivity index (χ3v) is 2.55.